The van der Waals surface area contributed by atoms with Gasteiger partial charge in [-0.15, -0.1) is 0 Å². The van der Waals surface area contributed by atoms with E-state index < -0.39 is 0 Å². The Labute approximate surface area is 113 Å². The van der Waals surface area contributed by atoms with Crippen molar-refractivity contribution in [3.63, 3.8) is 0 Å². The van der Waals surface area contributed by atoms with E-state index in [2.05, 4.69) is 4.98 Å². The molecule has 1 aliphatic heterocycles. The van der Waals surface area contributed by atoms with Gasteiger partial charge in [0.15, 0.2) is 0 Å². The summed E-state index contributed by atoms with van der Waals surface area (Å²) in [5.74, 6) is 0.991. The Morgan fingerprint density at radius 2 is 2.32 bits per heavy atom. The number of carbonyl (C=O) groups excluding carboxylic acids is 1. The van der Waals surface area contributed by atoms with Crippen LogP contribution >= 0.6 is 0 Å². The minimum Gasteiger partial charge on any atom is -0.393 e. The van der Waals surface area contributed by atoms with Crippen LogP contribution in [0.5, 0.6) is 0 Å². The lowest BCUT2D eigenvalue weighted by Crippen LogP contribution is -2.30. The maximum atomic E-state index is 12.4. The van der Waals surface area contributed by atoms with E-state index in [1.165, 1.54) is 0 Å². The summed E-state index contributed by atoms with van der Waals surface area (Å²) in [4.78, 5) is 20.3. The van der Waals surface area contributed by atoms with Crippen molar-refractivity contribution < 1.29 is 9.90 Å². The molecule has 1 N–H and O–H groups in total. The predicted molar refractivity (Wildman–Crippen MR) is 74.3 cm³/mol. The van der Waals surface area contributed by atoms with Crippen LogP contribution in [0.3, 0.4) is 0 Å². The topological polar surface area (TPSA) is 56.7 Å². The molecule has 19 heavy (non-hydrogen) atoms. The van der Waals surface area contributed by atoms with E-state index in [4.69, 9.17) is 0 Å². The zero-order valence-corrected chi connectivity index (χ0v) is 11.7. The van der Waals surface area contributed by atoms with Crippen LogP contribution in [0.2, 0.25) is 0 Å². The Morgan fingerprint density at radius 3 is 2.89 bits per heavy atom. The minimum absolute atomic E-state index is 0.0219. The number of aromatic nitrogens is 1. The highest BCUT2D eigenvalue weighted by Gasteiger charge is 2.29. The number of pyridine rings is 1. The first-order valence-corrected chi connectivity index (χ1v) is 6.59. The van der Waals surface area contributed by atoms with Gasteiger partial charge in [-0.2, -0.15) is 0 Å². The molecule has 0 spiro atoms. The summed E-state index contributed by atoms with van der Waals surface area (Å²) in [7, 11) is 3.80. The molecule has 2 atom stereocenters. The lowest BCUT2D eigenvalue weighted by atomic mass is 10.0. The molecule has 0 saturated carbocycles. The van der Waals surface area contributed by atoms with Gasteiger partial charge in [0.2, 0.25) is 0 Å². The fraction of sp³-hybridized carbons (Fsp3) is 0.571. The first-order valence-electron chi connectivity index (χ1n) is 6.59. The number of anilines is 1. The van der Waals surface area contributed by atoms with Crippen LogP contribution in [-0.4, -0.2) is 54.2 Å². The van der Waals surface area contributed by atoms with Crippen LogP contribution in [-0.2, 0) is 0 Å². The molecule has 2 heterocycles. The molecule has 2 rings (SSSR count). The van der Waals surface area contributed by atoms with Gasteiger partial charge in [-0.3, -0.25) is 4.79 Å². The fourth-order valence-electron chi connectivity index (χ4n) is 2.34. The smallest absolute Gasteiger partial charge is 0.254 e. The van der Waals surface area contributed by atoms with Gasteiger partial charge in [-0.25, -0.2) is 4.98 Å². The van der Waals surface area contributed by atoms with E-state index in [1.54, 1.807) is 25.3 Å². The zero-order valence-electron chi connectivity index (χ0n) is 11.7. The number of carbonyl (C=O) groups is 1. The number of aliphatic hydroxyl groups excluding tert-OH is 1. The van der Waals surface area contributed by atoms with Crippen LogP contribution in [0.15, 0.2) is 18.3 Å². The van der Waals surface area contributed by atoms with Gasteiger partial charge in [0.05, 0.1) is 6.10 Å². The molecule has 0 radical (unpaired) electrons. The number of amides is 1. The van der Waals surface area contributed by atoms with E-state index in [-0.39, 0.29) is 17.9 Å². The van der Waals surface area contributed by atoms with Crippen molar-refractivity contribution in [2.75, 3.05) is 32.1 Å². The molecule has 1 fully saturated rings. The number of rotatable bonds is 3. The van der Waals surface area contributed by atoms with Gasteiger partial charge in [-0.1, -0.05) is 0 Å². The third-order valence-corrected chi connectivity index (χ3v) is 3.64. The lowest BCUT2D eigenvalue weighted by molar-refractivity contribution is 0.0762. The molecule has 5 nitrogen and oxygen atoms in total. The van der Waals surface area contributed by atoms with Crippen molar-refractivity contribution in [2.45, 2.75) is 19.4 Å². The second-order valence-electron chi connectivity index (χ2n) is 5.34. The molecule has 1 aromatic heterocycles. The summed E-state index contributed by atoms with van der Waals surface area (Å²) in [6.07, 6.45) is 2.17. The van der Waals surface area contributed by atoms with Crippen LogP contribution in [0.4, 0.5) is 5.82 Å². The van der Waals surface area contributed by atoms with Crippen LogP contribution < -0.4 is 4.90 Å². The third-order valence-electron chi connectivity index (χ3n) is 3.64. The maximum absolute atomic E-state index is 12.4. The number of nitrogens with zero attached hydrogens (tertiary/aromatic N) is 3. The van der Waals surface area contributed by atoms with Crippen molar-refractivity contribution in [1.29, 1.82) is 0 Å². The van der Waals surface area contributed by atoms with Crippen LogP contribution in [0, 0.1) is 5.92 Å². The quantitative estimate of drug-likeness (QED) is 0.883. The van der Waals surface area contributed by atoms with E-state index in [0.717, 1.165) is 12.2 Å². The molecular weight excluding hydrogens is 242 g/mol. The fourth-order valence-corrected chi connectivity index (χ4v) is 2.34. The monoisotopic (exact) mass is 263 g/mol. The third kappa shape index (κ3) is 3.04. The molecule has 104 valence electrons. The Hall–Kier alpha value is -1.62. The number of likely N-dealkylation sites (tertiary alicyclic amines) is 1. The molecule has 2 unspecified atom stereocenters. The number of hydrogen-bond acceptors (Lipinski definition) is 4. The number of aliphatic hydroxyl groups is 1. The molecular formula is C14H21N3O2. The summed E-state index contributed by atoms with van der Waals surface area (Å²) < 4.78 is 0. The summed E-state index contributed by atoms with van der Waals surface area (Å²) in [6, 6.07) is 3.54. The predicted octanol–water partition coefficient (Wildman–Crippen LogP) is 0.991. The van der Waals surface area contributed by atoms with E-state index >= 15 is 0 Å². The molecule has 1 saturated heterocycles. The van der Waals surface area contributed by atoms with E-state index in [0.29, 0.717) is 18.7 Å². The highest BCUT2D eigenvalue weighted by atomic mass is 16.3. The molecule has 1 aromatic rings. The van der Waals surface area contributed by atoms with Gasteiger partial charge >= 0.3 is 0 Å². The van der Waals surface area contributed by atoms with Crippen molar-refractivity contribution in [1.82, 2.24) is 9.88 Å². The Kier molecular flexibility index (Phi) is 4.04. The molecule has 0 aliphatic carbocycles. The van der Waals surface area contributed by atoms with Gasteiger partial charge in [0, 0.05) is 44.9 Å². The summed E-state index contributed by atoms with van der Waals surface area (Å²) in [5.41, 5.74) is 0.657. The largest absolute Gasteiger partial charge is 0.393 e. The van der Waals surface area contributed by atoms with E-state index in [9.17, 15) is 9.90 Å². The van der Waals surface area contributed by atoms with Gasteiger partial charge < -0.3 is 14.9 Å². The first kappa shape index (κ1) is 13.8. The maximum Gasteiger partial charge on any atom is 0.254 e. The lowest BCUT2D eigenvalue weighted by Gasteiger charge is -2.19. The van der Waals surface area contributed by atoms with Crippen LogP contribution in [0.1, 0.15) is 23.7 Å². The normalized spacial score (nSPS) is 20.4. The van der Waals surface area contributed by atoms with Crippen molar-refractivity contribution in [3.05, 3.63) is 23.9 Å². The van der Waals surface area contributed by atoms with Crippen molar-refractivity contribution in [2.24, 2.45) is 5.92 Å². The molecule has 1 amide bonds. The Balaban J connectivity index is 2.10. The minimum atomic E-state index is -0.354. The summed E-state index contributed by atoms with van der Waals surface area (Å²) in [5, 5.41) is 9.58. The second-order valence-corrected chi connectivity index (χ2v) is 5.34. The van der Waals surface area contributed by atoms with Crippen LogP contribution in [0.25, 0.3) is 0 Å². The van der Waals surface area contributed by atoms with Gasteiger partial charge in [0.1, 0.15) is 5.82 Å². The number of hydrogen-bond donors (Lipinski definition) is 1. The molecule has 0 aromatic carbocycles. The van der Waals surface area contributed by atoms with E-state index in [1.807, 2.05) is 23.9 Å². The van der Waals surface area contributed by atoms with Crippen molar-refractivity contribution in [3.8, 4) is 0 Å². The van der Waals surface area contributed by atoms with Crippen molar-refractivity contribution >= 4 is 11.7 Å². The van der Waals surface area contributed by atoms with Gasteiger partial charge in [0.25, 0.3) is 5.91 Å². The Bertz CT molecular complexity index is 460. The Morgan fingerprint density at radius 1 is 1.58 bits per heavy atom. The summed E-state index contributed by atoms with van der Waals surface area (Å²) in [6.45, 7) is 3.14. The molecule has 1 aliphatic rings. The average molecular weight is 263 g/mol. The average Bonchev–Trinajstić information content (AvgIpc) is 2.87. The standard InChI is InChI=1S/C14H21N3O2/c1-10(18)12-5-7-17(9-12)14(19)11-4-6-15-13(8-11)16(2)3/h4,6,8,10,12,18H,5,7,9H2,1-3H3. The summed E-state index contributed by atoms with van der Waals surface area (Å²) >= 11 is 0. The molecule has 5 heteroatoms. The highest BCUT2D eigenvalue weighted by Crippen LogP contribution is 2.22. The van der Waals surface area contributed by atoms with Gasteiger partial charge in [-0.05, 0) is 25.5 Å². The second kappa shape index (κ2) is 5.57. The SMILES string of the molecule is CC(O)C1CCN(C(=O)c2ccnc(N(C)C)c2)C1. The highest BCUT2D eigenvalue weighted by molar-refractivity contribution is 5.95. The first-order chi connectivity index (χ1) is 8.99. The molecule has 0 bridgehead atoms. The zero-order chi connectivity index (χ0) is 14.0.